The third-order valence-electron chi connectivity index (χ3n) is 2.69. The van der Waals surface area contributed by atoms with Crippen molar-refractivity contribution >= 4 is 11.6 Å². The Hall–Kier alpha value is -1.58. The van der Waals surface area contributed by atoms with Gasteiger partial charge in [0, 0.05) is 23.7 Å². The Bertz CT molecular complexity index is 490. The molecule has 1 heterocycles. The Morgan fingerprint density at radius 2 is 2.17 bits per heavy atom. The van der Waals surface area contributed by atoms with Gasteiger partial charge in [-0.3, -0.25) is 4.98 Å². The lowest BCUT2D eigenvalue weighted by Crippen LogP contribution is -2.19. The summed E-state index contributed by atoms with van der Waals surface area (Å²) in [5.74, 6) is 0.877. The van der Waals surface area contributed by atoms with E-state index in [1.807, 2.05) is 36.4 Å². The monoisotopic (exact) mass is 262 g/mol. The molecule has 1 aromatic carbocycles. The van der Waals surface area contributed by atoms with E-state index < -0.39 is 0 Å². The van der Waals surface area contributed by atoms with E-state index >= 15 is 0 Å². The molecular formula is C14H15ClN2O. The van der Waals surface area contributed by atoms with Crippen LogP contribution in [-0.2, 0) is 0 Å². The molecule has 0 aliphatic heterocycles. The van der Waals surface area contributed by atoms with Crippen molar-refractivity contribution in [1.29, 1.82) is 0 Å². The van der Waals surface area contributed by atoms with Gasteiger partial charge in [-0.2, -0.15) is 0 Å². The first kappa shape index (κ1) is 12.9. The molecule has 3 nitrogen and oxygen atoms in total. The van der Waals surface area contributed by atoms with Gasteiger partial charge in [0.05, 0.1) is 12.8 Å². The van der Waals surface area contributed by atoms with Gasteiger partial charge in [-0.15, -0.1) is 0 Å². The Balaban J connectivity index is 2.02. The summed E-state index contributed by atoms with van der Waals surface area (Å²) < 4.78 is 5.67. The fourth-order valence-corrected chi connectivity index (χ4v) is 1.89. The number of nitrogens with two attached hydrogens (primary N) is 1. The van der Waals surface area contributed by atoms with Crippen LogP contribution >= 0.6 is 11.6 Å². The molecule has 1 aromatic heterocycles. The summed E-state index contributed by atoms with van der Waals surface area (Å²) in [5.41, 5.74) is 6.87. The summed E-state index contributed by atoms with van der Waals surface area (Å²) in [6, 6.07) is 11.4. The van der Waals surface area contributed by atoms with Gasteiger partial charge in [0.25, 0.3) is 0 Å². The van der Waals surface area contributed by atoms with Crippen molar-refractivity contribution in [1.82, 2.24) is 4.98 Å². The highest BCUT2D eigenvalue weighted by Gasteiger charge is 2.11. The van der Waals surface area contributed by atoms with Gasteiger partial charge in [-0.25, -0.2) is 0 Å². The molecule has 1 unspecified atom stereocenters. The van der Waals surface area contributed by atoms with E-state index in [0.29, 0.717) is 18.2 Å². The third-order valence-corrected chi connectivity index (χ3v) is 2.93. The standard InChI is InChI=1S/C14H15ClN2O/c15-13-4-1-3-11(7-13)12(8-16)10-18-14-5-2-6-17-9-14/h1-7,9,12H,8,10,16H2. The van der Waals surface area contributed by atoms with Gasteiger partial charge in [-0.1, -0.05) is 23.7 Å². The van der Waals surface area contributed by atoms with Gasteiger partial charge in [0.2, 0.25) is 0 Å². The number of halogens is 1. The Morgan fingerprint density at radius 3 is 2.83 bits per heavy atom. The molecular weight excluding hydrogens is 248 g/mol. The van der Waals surface area contributed by atoms with Crippen molar-refractivity contribution < 1.29 is 4.74 Å². The van der Waals surface area contributed by atoms with Crippen molar-refractivity contribution in [3.8, 4) is 5.75 Å². The quantitative estimate of drug-likeness (QED) is 0.901. The topological polar surface area (TPSA) is 48.1 Å². The second-order valence-corrected chi connectivity index (χ2v) is 4.42. The number of rotatable bonds is 5. The van der Waals surface area contributed by atoms with Crippen LogP contribution in [0.5, 0.6) is 5.75 Å². The molecule has 0 radical (unpaired) electrons. The van der Waals surface area contributed by atoms with Crippen LogP contribution in [-0.4, -0.2) is 18.1 Å². The lowest BCUT2D eigenvalue weighted by Gasteiger charge is -2.16. The SMILES string of the molecule is NCC(COc1cccnc1)c1cccc(Cl)c1. The number of benzene rings is 1. The maximum absolute atomic E-state index is 5.97. The first-order valence-electron chi connectivity index (χ1n) is 5.78. The van der Waals surface area contributed by atoms with Gasteiger partial charge in [0.1, 0.15) is 5.75 Å². The average molecular weight is 263 g/mol. The molecule has 2 rings (SSSR count). The van der Waals surface area contributed by atoms with Crippen LogP contribution in [0.25, 0.3) is 0 Å². The second-order valence-electron chi connectivity index (χ2n) is 3.99. The molecule has 1 atom stereocenters. The number of hydrogen-bond acceptors (Lipinski definition) is 3. The van der Waals surface area contributed by atoms with Crippen molar-refractivity contribution in [3.63, 3.8) is 0 Å². The van der Waals surface area contributed by atoms with Crippen LogP contribution < -0.4 is 10.5 Å². The third kappa shape index (κ3) is 3.45. The van der Waals surface area contributed by atoms with Crippen LogP contribution in [0.15, 0.2) is 48.8 Å². The number of hydrogen-bond donors (Lipinski definition) is 1. The fraction of sp³-hybridized carbons (Fsp3) is 0.214. The molecule has 2 N–H and O–H groups in total. The van der Waals surface area contributed by atoms with Crippen LogP contribution in [0.3, 0.4) is 0 Å². The number of nitrogens with zero attached hydrogens (tertiary/aromatic N) is 1. The smallest absolute Gasteiger partial charge is 0.137 e. The Morgan fingerprint density at radius 1 is 1.28 bits per heavy atom. The highest BCUT2D eigenvalue weighted by atomic mass is 35.5. The van der Waals surface area contributed by atoms with Gasteiger partial charge in [0.15, 0.2) is 0 Å². The molecule has 18 heavy (non-hydrogen) atoms. The lowest BCUT2D eigenvalue weighted by molar-refractivity contribution is 0.289. The summed E-state index contributed by atoms with van der Waals surface area (Å²) >= 11 is 5.97. The van der Waals surface area contributed by atoms with E-state index in [1.54, 1.807) is 12.4 Å². The van der Waals surface area contributed by atoms with E-state index in [-0.39, 0.29) is 5.92 Å². The summed E-state index contributed by atoms with van der Waals surface area (Å²) in [6.07, 6.45) is 3.40. The Kier molecular flexibility index (Phi) is 4.56. The summed E-state index contributed by atoms with van der Waals surface area (Å²) in [6.45, 7) is 1.03. The van der Waals surface area contributed by atoms with Crippen molar-refractivity contribution in [2.75, 3.05) is 13.2 Å². The van der Waals surface area contributed by atoms with E-state index in [2.05, 4.69) is 4.98 Å². The molecule has 4 heteroatoms. The number of ether oxygens (including phenoxy) is 1. The van der Waals surface area contributed by atoms with Crippen molar-refractivity contribution in [3.05, 3.63) is 59.4 Å². The minimum Gasteiger partial charge on any atom is -0.491 e. The molecule has 0 bridgehead atoms. The molecule has 0 aliphatic rings. The zero-order chi connectivity index (χ0) is 12.8. The maximum atomic E-state index is 5.97. The highest BCUT2D eigenvalue weighted by molar-refractivity contribution is 6.30. The number of aromatic nitrogens is 1. The summed E-state index contributed by atoms with van der Waals surface area (Å²) in [7, 11) is 0. The van der Waals surface area contributed by atoms with Gasteiger partial charge in [-0.05, 0) is 29.8 Å². The maximum Gasteiger partial charge on any atom is 0.137 e. The fourth-order valence-electron chi connectivity index (χ4n) is 1.69. The normalized spacial score (nSPS) is 12.1. The first-order chi connectivity index (χ1) is 8.79. The minimum absolute atomic E-state index is 0.129. The first-order valence-corrected chi connectivity index (χ1v) is 6.15. The predicted molar refractivity (Wildman–Crippen MR) is 73.0 cm³/mol. The van der Waals surface area contributed by atoms with E-state index in [4.69, 9.17) is 22.1 Å². The van der Waals surface area contributed by atoms with Crippen LogP contribution in [0.2, 0.25) is 5.02 Å². The highest BCUT2D eigenvalue weighted by Crippen LogP contribution is 2.20. The van der Waals surface area contributed by atoms with Crippen LogP contribution in [0, 0.1) is 0 Å². The second kappa shape index (κ2) is 6.38. The summed E-state index contributed by atoms with van der Waals surface area (Å²) in [5, 5.41) is 0.715. The van der Waals surface area contributed by atoms with Gasteiger partial charge < -0.3 is 10.5 Å². The molecule has 0 saturated heterocycles. The molecule has 2 aromatic rings. The molecule has 0 amide bonds. The van der Waals surface area contributed by atoms with Crippen LogP contribution in [0.4, 0.5) is 0 Å². The minimum atomic E-state index is 0.129. The Labute approximate surface area is 112 Å². The molecule has 0 spiro atoms. The molecule has 0 saturated carbocycles. The molecule has 0 aliphatic carbocycles. The van der Waals surface area contributed by atoms with Crippen molar-refractivity contribution in [2.45, 2.75) is 5.92 Å². The average Bonchev–Trinajstić information content (AvgIpc) is 2.41. The number of pyridine rings is 1. The lowest BCUT2D eigenvalue weighted by atomic mass is 10.0. The van der Waals surface area contributed by atoms with E-state index in [9.17, 15) is 0 Å². The van der Waals surface area contributed by atoms with E-state index in [0.717, 1.165) is 11.3 Å². The predicted octanol–water partition coefficient (Wildman–Crippen LogP) is 2.86. The zero-order valence-corrected chi connectivity index (χ0v) is 10.7. The summed E-state index contributed by atoms with van der Waals surface area (Å²) in [4.78, 5) is 4.00. The largest absolute Gasteiger partial charge is 0.491 e. The molecule has 94 valence electrons. The zero-order valence-electron chi connectivity index (χ0n) is 9.92. The van der Waals surface area contributed by atoms with Crippen LogP contribution in [0.1, 0.15) is 11.5 Å². The van der Waals surface area contributed by atoms with E-state index in [1.165, 1.54) is 0 Å². The van der Waals surface area contributed by atoms with Crippen molar-refractivity contribution in [2.24, 2.45) is 5.73 Å². The van der Waals surface area contributed by atoms with Gasteiger partial charge >= 0.3 is 0 Å². The molecule has 0 fully saturated rings.